The molecule has 0 aliphatic heterocycles. The standard InChI is InChI=1S/C12H18N4S/c1-4-5-7(2)14-10-9-6-8(3)17-11(9)16-12(13)15-10/h6-7H,4-5H2,1-3H3,(H3,13,14,15,16). The van der Waals surface area contributed by atoms with Gasteiger partial charge in [-0.05, 0) is 26.3 Å². The molecule has 0 fully saturated rings. The van der Waals surface area contributed by atoms with Crippen LogP contribution in [0.3, 0.4) is 0 Å². The van der Waals surface area contributed by atoms with E-state index in [1.807, 2.05) is 0 Å². The molecule has 0 aliphatic rings. The molecule has 2 aromatic heterocycles. The molecule has 0 bridgehead atoms. The number of nitrogens with zero attached hydrogens (tertiary/aromatic N) is 2. The Hall–Kier alpha value is -1.36. The third kappa shape index (κ3) is 2.66. The number of anilines is 2. The van der Waals surface area contributed by atoms with Crippen LogP contribution in [0.25, 0.3) is 10.2 Å². The van der Waals surface area contributed by atoms with E-state index in [1.165, 1.54) is 4.88 Å². The molecule has 1 atom stereocenters. The van der Waals surface area contributed by atoms with Crippen LogP contribution in [0.1, 0.15) is 31.6 Å². The van der Waals surface area contributed by atoms with Gasteiger partial charge in [0.1, 0.15) is 10.6 Å². The lowest BCUT2D eigenvalue weighted by Crippen LogP contribution is -2.16. The highest BCUT2D eigenvalue weighted by molar-refractivity contribution is 7.18. The van der Waals surface area contributed by atoms with Crippen LogP contribution in [0, 0.1) is 6.92 Å². The van der Waals surface area contributed by atoms with Gasteiger partial charge in [-0.3, -0.25) is 0 Å². The molecular weight excluding hydrogens is 232 g/mol. The van der Waals surface area contributed by atoms with Gasteiger partial charge in [0.05, 0.1) is 5.39 Å². The molecule has 0 saturated heterocycles. The summed E-state index contributed by atoms with van der Waals surface area (Å²) in [5.74, 6) is 1.20. The first-order chi connectivity index (χ1) is 8.10. The SMILES string of the molecule is CCCC(C)Nc1nc(N)nc2sc(C)cc12. The molecule has 17 heavy (non-hydrogen) atoms. The smallest absolute Gasteiger partial charge is 0.223 e. The fourth-order valence-electron chi connectivity index (χ4n) is 1.91. The second-order valence-corrected chi connectivity index (χ2v) is 5.58. The lowest BCUT2D eigenvalue weighted by atomic mass is 10.2. The highest BCUT2D eigenvalue weighted by Gasteiger charge is 2.11. The van der Waals surface area contributed by atoms with E-state index in [-0.39, 0.29) is 0 Å². The fourth-order valence-corrected chi connectivity index (χ4v) is 2.79. The maximum absolute atomic E-state index is 5.73. The minimum Gasteiger partial charge on any atom is -0.368 e. The summed E-state index contributed by atoms with van der Waals surface area (Å²) in [6.45, 7) is 6.41. The van der Waals surface area contributed by atoms with E-state index in [0.29, 0.717) is 12.0 Å². The molecule has 0 aliphatic carbocycles. The highest BCUT2D eigenvalue weighted by Crippen LogP contribution is 2.29. The molecule has 2 rings (SSSR count). The van der Waals surface area contributed by atoms with Gasteiger partial charge < -0.3 is 11.1 Å². The van der Waals surface area contributed by atoms with Crippen LogP contribution in [-0.2, 0) is 0 Å². The Morgan fingerprint density at radius 1 is 1.47 bits per heavy atom. The van der Waals surface area contributed by atoms with Crippen molar-refractivity contribution >= 4 is 33.3 Å². The summed E-state index contributed by atoms with van der Waals surface area (Å²) in [5.41, 5.74) is 5.73. The summed E-state index contributed by atoms with van der Waals surface area (Å²) in [6, 6.07) is 2.51. The first kappa shape index (κ1) is 12.1. The topological polar surface area (TPSA) is 63.8 Å². The quantitative estimate of drug-likeness (QED) is 0.874. The minimum absolute atomic E-state index is 0.338. The Morgan fingerprint density at radius 2 is 2.24 bits per heavy atom. The van der Waals surface area contributed by atoms with Crippen molar-refractivity contribution < 1.29 is 0 Å². The minimum atomic E-state index is 0.338. The maximum Gasteiger partial charge on any atom is 0.223 e. The number of nitrogen functional groups attached to an aromatic ring is 1. The zero-order valence-electron chi connectivity index (χ0n) is 10.4. The van der Waals surface area contributed by atoms with Gasteiger partial charge in [-0.1, -0.05) is 13.3 Å². The van der Waals surface area contributed by atoms with Crippen LogP contribution in [0.2, 0.25) is 0 Å². The van der Waals surface area contributed by atoms with Crippen molar-refractivity contribution in [2.75, 3.05) is 11.1 Å². The fraction of sp³-hybridized carbons (Fsp3) is 0.500. The number of aryl methyl sites for hydroxylation is 1. The number of aromatic nitrogens is 2. The first-order valence-corrected chi connectivity index (χ1v) is 6.72. The van der Waals surface area contributed by atoms with Crippen LogP contribution in [0.4, 0.5) is 11.8 Å². The van der Waals surface area contributed by atoms with Gasteiger partial charge in [0.2, 0.25) is 5.95 Å². The third-order valence-corrected chi connectivity index (χ3v) is 3.58. The number of nitrogens with two attached hydrogens (primary N) is 1. The number of hydrogen-bond donors (Lipinski definition) is 2. The molecule has 4 nitrogen and oxygen atoms in total. The molecule has 3 N–H and O–H groups in total. The molecule has 0 radical (unpaired) electrons. The van der Waals surface area contributed by atoms with E-state index in [9.17, 15) is 0 Å². The predicted octanol–water partition coefficient (Wildman–Crippen LogP) is 3.18. The zero-order valence-corrected chi connectivity index (χ0v) is 11.3. The molecule has 0 amide bonds. The first-order valence-electron chi connectivity index (χ1n) is 5.90. The van der Waals surface area contributed by atoms with Crippen LogP contribution < -0.4 is 11.1 Å². The average Bonchev–Trinajstić information content (AvgIpc) is 2.58. The summed E-state index contributed by atoms with van der Waals surface area (Å²) in [5, 5.41) is 4.49. The molecular formula is C12H18N4S. The van der Waals surface area contributed by atoms with Crippen molar-refractivity contribution in [3.63, 3.8) is 0 Å². The van der Waals surface area contributed by atoms with E-state index in [1.54, 1.807) is 11.3 Å². The van der Waals surface area contributed by atoms with Gasteiger partial charge in [0.15, 0.2) is 0 Å². The van der Waals surface area contributed by atoms with E-state index < -0.39 is 0 Å². The van der Waals surface area contributed by atoms with Gasteiger partial charge in [0, 0.05) is 10.9 Å². The molecule has 2 heterocycles. The molecule has 0 aromatic carbocycles. The second kappa shape index (κ2) is 4.87. The molecule has 92 valence electrons. The average molecular weight is 250 g/mol. The number of hydrogen-bond acceptors (Lipinski definition) is 5. The third-order valence-electron chi connectivity index (χ3n) is 2.64. The van der Waals surface area contributed by atoms with E-state index >= 15 is 0 Å². The Morgan fingerprint density at radius 3 is 2.94 bits per heavy atom. The largest absolute Gasteiger partial charge is 0.368 e. The van der Waals surface area contributed by atoms with Crippen LogP contribution >= 0.6 is 11.3 Å². The van der Waals surface area contributed by atoms with Gasteiger partial charge in [-0.25, -0.2) is 4.98 Å². The van der Waals surface area contributed by atoms with Crippen molar-refractivity contribution in [2.45, 2.75) is 39.7 Å². The van der Waals surface area contributed by atoms with E-state index in [4.69, 9.17) is 5.73 Å². The molecule has 0 saturated carbocycles. The van der Waals surface area contributed by atoms with Crippen molar-refractivity contribution in [1.82, 2.24) is 9.97 Å². The number of fused-ring (bicyclic) bond motifs is 1. The second-order valence-electron chi connectivity index (χ2n) is 4.34. The van der Waals surface area contributed by atoms with Crippen LogP contribution in [0.5, 0.6) is 0 Å². The maximum atomic E-state index is 5.73. The van der Waals surface area contributed by atoms with Crippen LogP contribution in [-0.4, -0.2) is 16.0 Å². The monoisotopic (exact) mass is 250 g/mol. The van der Waals surface area contributed by atoms with Gasteiger partial charge in [-0.15, -0.1) is 11.3 Å². The predicted molar refractivity (Wildman–Crippen MR) is 74.6 cm³/mol. The Balaban J connectivity index is 2.37. The highest BCUT2D eigenvalue weighted by atomic mass is 32.1. The van der Waals surface area contributed by atoms with Crippen molar-refractivity contribution in [2.24, 2.45) is 0 Å². The van der Waals surface area contributed by atoms with Crippen LogP contribution in [0.15, 0.2) is 6.07 Å². The molecule has 5 heteroatoms. The van der Waals surface area contributed by atoms with E-state index in [0.717, 1.165) is 28.9 Å². The molecule has 2 aromatic rings. The Labute approximate surface area is 105 Å². The number of thiophene rings is 1. The van der Waals surface area contributed by atoms with Gasteiger partial charge in [0.25, 0.3) is 0 Å². The lowest BCUT2D eigenvalue weighted by molar-refractivity contribution is 0.688. The Bertz CT molecular complexity index is 520. The lowest BCUT2D eigenvalue weighted by Gasteiger charge is -2.14. The van der Waals surface area contributed by atoms with Gasteiger partial charge in [-0.2, -0.15) is 4.98 Å². The molecule has 1 unspecified atom stereocenters. The van der Waals surface area contributed by atoms with Crippen molar-refractivity contribution in [3.8, 4) is 0 Å². The van der Waals surface area contributed by atoms with Crippen molar-refractivity contribution in [3.05, 3.63) is 10.9 Å². The van der Waals surface area contributed by atoms with Gasteiger partial charge >= 0.3 is 0 Å². The number of nitrogens with one attached hydrogen (secondary N) is 1. The number of rotatable bonds is 4. The normalized spacial score (nSPS) is 12.9. The summed E-state index contributed by atoms with van der Waals surface area (Å²) >= 11 is 1.65. The summed E-state index contributed by atoms with van der Waals surface area (Å²) < 4.78 is 0. The summed E-state index contributed by atoms with van der Waals surface area (Å²) in [6.07, 6.45) is 2.27. The Kier molecular flexibility index (Phi) is 3.47. The summed E-state index contributed by atoms with van der Waals surface area (Å²) in [7, 11) is 0. The molecule has 0 spiro atoms. The van der Waals surface area contributed by atoms with Crippen molar-refractivity contribution in [1.29, 1.82) is 0 Å². The van der Waals surface area contributed by atoms with E-state index in [2.05, 4.69) is 42.1 Å². The summed E-state index contributed by atoms with van der Waals surface area (Å²) in [4.78, 5) is 10.7. The zero-order chi connectivity index (χ0) is 12.4.